The molecule has 1 aliphatic rings. The number of nitrogens with zero attached hydrogens (tertiary/aromatic N) is 1. The first-order valence-corrected chi connectivity index (χ1v) is 3.73. The van der Waals surface area contributed by atoms with Gasteiger partial charge in [0.2, 0.25) is 0 Å². The first kappa shape index (κ1) is 7.95. The summed E-state index contributed by atoms with van der Waals surface area (Å²) in [6, 6.07) is 0.403. The van der Waals surface area contributed by atoms with Crippen LogP contribution in [0.15, 0.2) is 0 Å². The zero-order chi connectivity index (χ0) is 7.56. The predicted octanol–water partition coefficient (Wildman–Crippen LogP) is 0.248. The van der Waals surface area contributed by atoms with Gasteiger partial charge in [0.05, 0.1) is 0 Å². The van der Waals surface area contributed by atoms with E-state index < -0.39 is 6.17 Å². The molecule has 1 heterocycles. The van der Waals surface area contributed by atoms with Gasteiger partial charge in [-0.15, -0.1) is 0 Å². The summed E-state index contributed by atoms with van der Waals surface area (Å²) in [6.45, 7) is 1.50. The minimum atomic E-state index is -0.608. The summed E-state index contributed by atoms with van der Waals surface area (Å²) in [6.07, 6.45) is 0.0838. The van der Waals surface area contributed by atoms with Gasteiger partial charge in [0, 0.05) is 19.1 Å². The Balaban J connectivity index is 2.31. The van der Waals surface area contributed by atoms with Gasteiger partial charge in [-0.1, -0.05) is 0 Å². The van der Waals surface area contributed by atoms with Crippen LogP contribution in [-0.4, -0.2) is 44.3 Å². The van der Waals surface area contributed by atoms with E-state index in [0.29, 0.717) is 19.0 Å². The zero-order valence-electron chi connectivity index (χ0n) is 6.60. The molecule has 10 heavy (non-hydrogen) atoms. The highest BCUT2D eigenvalue weighted by molar-refractivity contribution is 4.83. The van der Waals surface area contributed by atoms with Crippen molar-refractivity contribution in [3.05, 3.63) is 0 Å². The molecule has 0 saturated carbocycles. The fraction of sp³-hybridized carbons (Fsp3) is 1.00. The Bertz CT molecular complexity index is 108. The smallest absolute Gasteiger partial charge is 0.114 e. The van der Waals surface area contributed by atoms with Crippen LogP contribution in [0.1, 0.15) is 6.42 Å². The van der Waals surface area contributed by atoms with Crippen molar-refractivity contribution in [2.24, 2.45) is 0 Å². The third-order valence-corrected chi connectivity index (χ3v) is 2.08. The molecule has 0 aliphatic carbocycles. The Labute approximate surface area is 61.4 Å². The van der Waals surface area contributed by atoms with E-state index in [1.165, 1.54) is 0 Å². The van der Waals surface area contributed by atoms with Gasteiger partial charge >= 0.3 is 0 Å². The van der Waals surface area contributed by atoms with Gasteiger partial charge in [0.25, 0.3) is 0 Å². The molecule has 0 aromatic heterocycles. The van der Waals surface area contributed by atoms with Crippen molar-refractivity contribution in [3.8, 4) is 0 Å². The standard InChI is InChI=1S/C7H15FN2/c1-9-4-7-3-6(8)5-10(7)2/h6-7,9H,3-5H2,1-2H3. The van der Waals surface area contributed by atoms with E-state index in [9.17, 15) is 4.39 Å². The molecule has 2 nitrogen and oxygen atoms in total. The number of likely N-dealkylation sites (tertiary alicyclic amines) is 1. The lowest BCUT2D eigenvalue weighted by Gasteiger charge is -2.17. The Morgan fingerprint density at radius 2 is 2.40 bits per heavy atom. The second kappa shape index (κ2) is 3.30. The quantitative estimate of drug-likeness (QED) is 0.600. The third-order valence-electron chi connectivity index (χ3n) is 2.08. The van der Waals surface area contributed by atoms with Crippen molar-refractivity contribution in [1.29, 1.82) is 0 Å². The van der Waals surface area contributed by atoms with E-state index >= 15 is 0 Å². The molecule has 2 atom stereocenters. The van der Waals surface area contributed by atoms with Gasteiger partial charge in [-0.3, -0.25) is 4.90 Å². The summed E-state index contributed by atoms with van der Waals surface area (Å²) in [4.78, 5) is 2.07. The van der Waals surface area contributed by atoms with Crippen LogP contribution in [0, 0.1) is 0 Å². The minimum absolute atomic E-state index is 0.403. The molecule has 0 amide bonds. The largest absolute Gasteiger partial charge is 0.318 e. The first-order chi connectivity index (χ1) is 4.74. The second-order valence-corrected chi connectivity index (χ2v) is 2.98. The summed E-state index contributed by atoms with van der Waals surface area (Å²) < 4.78 is 12.7. The van der Waals surface area contributed by atoms with E-state index in [1.807, 2.05) is 14.1 Å². The number of nitrogens with one attached hydrogen (secondary N) is 1. The Hall–Kier alpha value is -0.150. The summed E-state index contributed by atoms with van der Waals surface area (Å²) in [7, 11) is 3.88. The average molecular weight is 146 g/mol. The lowest BCUT2D eigenvalue weighted by molar-refractivity contribution is 0.291. The molecular weight excluding hydrogens is 131 g/mol. The van der Waals surface area contributed by atoms with Crippen LogP contribution in [0.4, 0.5) is 4.39 Å². The van der Waals surface area contributed by atoms with Gasteiger partial charge in [-0.05, 0) is 20.5 Å². The maximum atomic E-state index is 12.7. The predicted molar refractivity (Wildman–Crippen MR) is 39.9 cm³/mol. The molecule has 0 bridgehead atoms. The lowest BCUT2D eigenvalue weighted by Crippen LogP contribution is -2.33. The SMILES string of the molecule is CNCC1CC(F)CN1C. The number of halogens is 1. The molecule has 0 aromatic rings. The van der Waals surface area contributed by atoms with Crippen LogP contribution in [0.3, 0.4) is 0 Å². The lowest BCUT2D eigenvalue weighted by atomic mass is 10.2. The molecule has 1 N–H and O–H groups in total. The van der Waals surface area contributed by atoms with Gasteiger partial charge in [0.1, 0.15) is 6.17 Å². The minimum Gasteiger partial charge on any atom is -0.318 e. The van der Waals surface area contributed by atoms with Crippen LogP contribution in [-0.2, 0) is 0 Å². The van der Waals surface area contributed by atoms with Gasteiger partial charge < -0.3 is 5.32 Å². The highest BCUT2D eigenvalue weighted by atomic mass is 19.1. The van der Waals surface area contributed by atoms with E-state index in [0.717, 1.165) is 6.54 Å². The Kier molecular flexibility index (Phi) is 2.63. The fourth-order valence-corrected chi connectivity index (χ4v) is 1.49. The van der Waals surface area contributed by atoms with Crippen molar-refractivity contribution >= 4 is 0 Å². The van der Waals surface area contributed by atoms with E-state index in [-0.39, 0.29) is 0 Å². The first-order valence-electron chi connectivity index (χ1n) is 3.73. The normalized spacial score (nSPS) is 35.1. The van der Waals surface area contributed by atoms with Crippen molar-refractivity contribution in [2.45, 2.75) is 18.6 Å². The van der Waals surface area contributed by atoms with Crippen LogP contribution in [0.25, 0.3) is 0 Å². The summed E-state index contributed by atoms with van der Waals surface area (Å²) >= 11 is 0. The summed E-state index contributed by atoms with van der Waals surface area (Å²) in [5.74, 6) is 0. The molecule has 2 unspecified atom stereocenters. The second-order valence-electron chi connectivity index (χ2n) is 2.98. The average Bonchev–Trinajstić information content (AvgIpc) is 2.13. The van der Waals surface area contributed by atoms with Crippen LogP contribution in [0.5, 0.6) is 0 Å². The Morgan fingerprint density at radius 3 is 2.80 bits per heavy atom. The van der Waals surface area contributed by atoms with Crippen LogP contribution >= 0.6 is 0 Å². The molecule has 3 heteroatoms. The molecule has 0 spiro atoms. The number of hydrogen-bond acceptors (Lipinski definition) is 2. The molecule has 0 radical (unpaired) electrons. The van der Waals surface area contributed by atoms with Crippen LogP contribution < -0.4 is 5.32 Å². The molecule has 1 aliphatic heterocycles. The topological polar surface area (TPSA) is 15.3 Å². The highest BCUT2D eigenvalue weighted by Gasteiger charge is 2.28. The highest BCUT2D eigenvalue weighted by Crippen LogP contribution is 2.17. The molecule has 1 saturated heterocycles. The van der Waals surface area contributed by atoms with Crippen molar-refractivity contribution in [2.75, 3.05) is 27.2 Å². The zero-order valence-corrected chi connectivity index (χ0v) is 6.60. The maximum absolute atomic E-state index is 12.7. The third kappa shape index (κ3) is 1.67. The van der Waals surface area contributed by atoms with Crippen molar-refractivity contribution in [1.82, 2.24) is 10.2 Å². The number of hydrogen-bond donors (Lipinski definition) is 1. The molecule has 60 valence electrons. The summed E-state index contributed by atoms with van der Waals surface area (Å²) in [5.41, 5.74) is 0. The van der Waals surface area contributed by atoms with Crippen LogP contribution in [0.2, 0.25) is 0 Å². The molecular formula is C7H15FN2. The van der Waals surface area contributed by atoms with E-state index in [1.54, 1.807) is 0 Å². The van der Waals surface area contributed by atoms with Gasteiger partial charge in [-0.25, -0.2) is 4.39 Å². The Morgan fingerprint density at radius 1 is 1.70 bits per heavy atom. The summed E-state index contributed by atoms with van der Waals surface area (Å²) in [5, 5.41) is 3.05. The number of alkyl halides is 1. The van der Waals surface area contributed by atoms with Crippen molar-refractivity contribution in [3.63, 3.8) is 0 Å². The number of likely N-dealkylation sites (N-methyl/N-ethyl adjacent to an activating group) is 2. The van der Waals surface area contributed by atoms with Gasteiger partial charge in [-0.2, -0.15) is 0 Å². The molecule has 1 rings (SSSR count). The van der Waals surface area contributed by atoms with E-state index in [2.05, 4.69) is 10.2 Å². The van der Waals surface area contributed by atoms with E-state index in [4.69, 9.17) is 0 Å². The molecule has 1 fully saturated rings. The van der Waals surface area contributed by atoms with Gasteiger partial charge in [0.15, 0.2) is 0 Å². The fourth-order valence-electron chi connectivity index (χ4n) is 1.49. The monoisotopic (exact) mass is 146 g/mol. The maximum Gasteiger partial charge on any atom is 0.114 e. The number of rotatable bonds is 2. The molecule has 0 aromatic carbocycles. The van der Waals surface area contributed by atoms with Crippen molar-refractivity contribution < 1.29 is 4.39 Å².